The number of rotatable bonds is 5. The average molecular weight is 315 g/mol. The summed E-state index contributed by atoms with van der Waals surface area (Å²) in [6.45, 7) is 4.42. The summed E-state index contributed by atoms with van der Waals surface area (Å²) in [6.07, 6.45) is 7.15. The van der Waals surface area contributed by atoms with E-state index in [2.05, 4.69) is 24.8 Å². The number of hydrogen-bond donors (Lipinski definition) is 0. The zero-order valence-electron chi connectivity index (χ0n) is 13.5. The third kappa shape index (κ3) is 3.85. The minimum atomic E-state index is 0.512. The van der Waals surface area contributed by atoms with Crippen molar-refractivity contribution in [3.05, 3.63) is 30.4 Å². The summed E-state index contributed by atoms with van der Waals surface area (Å²) in [5.41, 5.74) is 0.828. The van der Waals surface area contributed by atoms with Crippen LogP contribution in [-0.4, -0.2) is 46.7 Å². The lowest BCUT2D eigenvalue weighted by Crippen LogP contribution is -2.36. The van der Waals surface area contributed by atoms with Gasteiger partial charge in [0.25, 0.3) is 0 Å². The lowest BCUT2D eigenvalue weighted by Gasteiger charge is -2.31. The van der Waals surface area contributed by atoms with Gasteiger partial charge in [-0.3, -0.25) is 4.98 Å². The molecule has 2 aromatic rings. The minimum Gasteiger partial charge on any atom is -0.481 e. The molecular formula is C16H21N5O2. The van der Waals surface area contributed by atoms with Gasteiger partial charge in [-0.25, -0.2) is 9.97 Å². The molecule has 7 nitrogen and oxygen atoms in total. The van der Waals surface area contributed by atoms with E-state index in [-0.39, 0.29) is 0 Å². The minimum absolute atomic E-state index is 0.512. The van der Waals surface area contributed by atoms with Gasteiger partial charge in [0.1, 0.15) is 0 Å². The molecule has 0 N–H and O–H groups in total. The highest BCUT2D eigenvalue weighted by molar-refractivity contribution is 5.32. The van der Waals surface area contributed by atoms with E-state index in [1.807, 2.05) is 6.92 Å². The van der Waals surface area contributed by atoms with Crippen LogP contribution in [0.1, 0.15) is 18.5 Å². The fourth-order valence-electron chi connectivity index (χ4n) is 2.63. The summed E-state index contributed by atoms with van der Waals surface area (Å²) in [5, 5.41) is 0. The molecule has 23 heavy (non-hydrogen) atoms. The fraction of sp³-hybridized carbons (Fsp3) is 0.500. The molecule has 0 radical (unpaired) electrons. The molecular weight excluding hydrogens is 294 g/mol. The standard InChI is InChI=1S/C16H21N5O2/c1-12-15(18-8-7-17-12)23-11-13-4-9-21(10-5-13)16-19-6-3-14(20-16)22-2/h3,6-8,13H,4-5,9-11H2,1-2H3. The van der Waals surface area contributed by atoms with E-state index < -0.39 is 0 Å². The molecule has 0 bridgehead atoms. The molecule has 1 aliphatic heterocycles. The van der Waals surface area contributed by atoms with Gasteiger partial charge in [-0.2, -0.15) is 4.98 Å². The van der Waals surface area contributed by atoms with Gasteiger partial charge in [-0.1, -0.05) is 0 Å². The van der Waals surface area contributed by atoms with Crippen LogP contribution in [-0.2, 0) is 0 Å². The van der Waals surface area contributed by atoms with E-state index in [4.69, 9.17) is 9.47 Å². The number of aryl methyl sites for hydroxylation is 1. The first kappa shape index (κ1) is 15.5. The van der Waals surface area contributed by atoms with Gasteiger partial charge in [0.05, 0.1) is 19.4 Å². The Morgan fingerprint density at radius 1 is 1.13 bits per heavy atom. The second-order valence-electron chi connectivity index (χ2n) is 5.59. The summed E-state index contributed by atoms with van der Waals surface area (Å²) in [6, 6.07) is 1.76. The highest BCUT2D eigenvalue weighted by atomic mass is 16.5. The summed E-state index contributed by atoms with van der Waals surface area (Å²) in [5.74, 6) is 2.47. The SMILES string of the molecule is COc1ccnc(N2CCC(COc3nccnc3C)CC2)n1. The van der Waals surface area contributed by atoms with Crippen LogP contribution >= 0.6 is 0 Å². The van der Waals surface area contributed by atoms with E-state index in [0.29, 0.717) is 24.3 Å². The van der Waals surface area contributed by atoms with Crippen molar-refractivity contribution in [2.24, 2.45) is 5.92 Å². The molecule has 7 heteroatoms. The molecule has 0 spiro atoms. The second kappa shape index (κ2) is 7.21. The molecule has 3 rings (SSSR count). The summed E-state index contributed by atoms with van der Waals surface area (Å²) in [7, 11) is 1.62. The number of ether oxygens (including phenoxy) is 2. The monoisotopic (exact) mass is 315 g/mol. The summed E-state index contributed by atoms with van der Waals surface area (Å²) >= 11 is 0. The van der Waals surface area contributed by atoms with E-state index in [0.717, 1.165) is 37.6 Å². The maximum Gasteiger partial charge on any atom is 0.235 e. The Balaban J connectivity index is 1.51. The second-order valence-corrected chi connectivity index (χ2v) is 5.59. The molecule has 1 saturated heterocycles. The lowest BCUT2D eigenvalue weighted by molar-refractivity contribution is 0.213. The molecule has 0 saturated carbocycles. The Labute approximate surface area is 135 Å². The number of piperidine rings is 1. The summed E-state index contributed by atoms with van der Waals surface area (Å²) in [4.78, 5) is 19.3. The molecule has 1 aliphatic rings. The largest absolute Gasteiger partial charge is 0.481 e. The predicted octanol–water partition coefficient (Wildman–Crippen LogP) is 1.88. The van der Waals surface area contributed by atoms with Crippen molar-refractivity contribution in [3.63, 3.8) is 0 Å². The van der Waals surface area contributed by atoms with E-state index >= 15 is 0 Å². The normalized spacial score (nSPS) is 15.5. The van der Waals surface area contributed by atoms with Gasteiger partial charge in [0.2, 0.25) is 17.7 Å². The molecule has 0 aromatic carbocycles. The van der Waals surface area contributed by atoms with Crippen molar-refractivity contribution in [1.82, 2.24) is 19.9 Å². The van der Waals surface area contributed by atoms with Gasteiger partial charge < -0.3 is 14.4 Å². The van der Waals surface area contributed by atoms with Gasteiger partial charge in [-0.05, 0) is 25.7 Å². The zero-order chi connectivity index (χ0) is 16.1. The van der Waals surface area contributed by atoms with Crippen LogP contribution in [0.15, 0.2) is 24.7 Å². The van der Waals surface area contributed by atoms with Crippen LogP contribution in [0.4, 0.5) is 5.95 Å². The quantitative estimate of drug-likeness (QED) is 0.834. The number of nitrogens with zero attached hydrogens (tertiary/aromatic N) is 5. The van der Waals surface area contributed by atoms with E-state index in [1.54, 1.807) is 31.8 Å². The maximum atomic E-state index is 5.81. The predicted molar refractivity (Wildman–Crippen MR) is 85.8 cm³/mol. The molecule has 0 atom stereocenters. The van der Waals surface area contributed by atoms with Crippen LogP contribution in [0, 0.1) is 12.8 Å². The van der Waals surface area contributed by atoms with Crippen LogP contribution < -0.4 is 14.4 Å². The molecule has 0 unspecified atom stereocenters. The third-order valence-electron chi connectivity index (χ3n) is 4.02. The topological polar surface area (TPSA) is 73.3 Å². The first-order valence-electron chi connectivity index (χ1n) is 7.78. The number of anilines is 1. The van der Waals surface area contributed by atoms with Crippen molar-refractivity contribution in [3.8, 4) is 11.8 Å². The van der Waals surface area contributed by atoms with Crippen molar-refractivity contribution in [1.29, 1.82) is 0 Å². The number of methoxy groups -OCH3 is 1. The molecule has 1 fully saturated rings. The van der Waals surface area contributed by atoms with Crippen LogP contribution in [0.5, 0.6) is 11.8 Å². The molecule has 0 amide bonds. The van der Waals surface area contributed by atoms with Crippen LogP contribution in [0.3, 0.4) is 0 Å². The van der Waals surface area contributed by atoms with Crippen molar-refractivity contribution >= 4 is 5.95 Å². The summed E-state index contributed by atoms with van der Waals surface area (Å²) < 4.78 is 11.0. The van der Waals surface area contributed by atoms with Crippen LogP contribution in [0.2, 0.25) is 0 Å². The van der Waals surface area contributed by atoms with Crippen LogP contribution in [0.25, 0.3) is 0 Å². The Hall–Kier alpha value is -2.44. The van der Waals surface area contributed by atoms with Crippen molar-refractivity contribution in [2.75, 3.05) is 31.7 Å². The highest BCUT2D eigenvalue weighted by Crippen LogP contribution is 2.22. The molecule has 2 aromatic heterocycles. The highest BCUT2D eigenvalue weighted by Gasteiger charge is 2.22. The Morgan fingerprint density at radius 3 is 2.65 bits per heavy atom. The number of aromatic nitrogens is 4. The fourth-order valence-corrected chi connectivity index (χ4v) is 2.63. The van der Waals surface area contributed by atoms with Gasteiger partial charge in [0.15, 0.2) is 0 Å². The molecule has 122 valence electrons. The molecule has 3 heterocycles. The smallest absolute Gasteiger partial charge is 0.235 e. The van der Waals surface area contributed by atoms with Gasteiger partial charge in [-0.15, -0.1) is 0 Å². The first-order chi connectivity index (χ1) is 11.3. The van der Waals surface area contributed by atoms with Crippen molar-refractivity contribution in [2.45, 2.75) is 19.8 Å². The Kier molecular flexibility index (Phi) is 4.85. The van der Waals surface area contributed by atoms with Crippen molar-refractivity contribution < 1.29 is 9.47 Å². The lowest BCUT2D eigenvalue weighted by atomic mass is 9.98. The third-order valence-corrected chi connectivity index (χ3v) is 4.02. The maximum absolute atomic E-state index is 5.81. The van der Waals surface area contributed by atoms with Gasteiger partial charge >= 0.3 is 0 Å². The average Bonchev–Trinajstić information content (AvgIpc) is 2.61. The van der Waals surface area contributed by atoms with E-state index in [9.17, 15) is 0 Å². The molecule has 0 aliphatic carbocycles. The number of hydrogen-bond acceptors (Lipinski definition) is 7. The zero-order valence-corrected chi connectivity index (χ0v) is 13.5. The van der Waals surface area contributed by atoms with Gasteiger partial charge in [0, 0.05) is 37.7 Å². The Morgan fingerprint density at radius 2 is 1.91 bits per heavy atom. The Bertz CT molecular complexity index is 644. The van der Waals surface area contributed by atoms with E-state index in [1.165, 1.54) is 0 Å². The first-order valence-corrected chi connectivity index (χ1v) is 7.78.